The molecule has 1 aromatic carbocycles. The second kappa shape index (κ2) is 6.23. The molecule has 2 nitrogen and oxygen atoms in total. The maximum atomic E-state index is 6.22. The van der Waals surface area contributed by atoms with Crippen LogP contribution in [0.3, 0.4) is 0 Å². The van der Waals surface area contributed by atoms with Gasteiger partial charge in [0.15, 0.2) is 0 Å². The minimum Gasteiger partial charge on any atom is -0.487 e. The third kappa shape index (κ3) is 3.25. The number of benzene rings is 1. The summed E-state index contributed by atoms with van der Waals surface area (Å²) in [5.74, 6) is 0.733. The van der Waals surface area contributed by atoms with E-state index < -0.39 is 0 Å². The molecule has 4 heteroatoms. The molecule has 0 aliphatic carbocycles. The van der Waals surface area contributed by atoms with Crippen LogP contribution in [0.15, 0.2) is 35.7 Å². The lowest BCUT2D eigenvalue weighted by Gasteiger charge is -2.13. The number of thiophene rings is 1. The minimum atomic E-state index is 0.286. The van der Waals surface area contributed by atoms with Gasteiger partial charge in [0, 0.05) is 10.9 Å². The molecule has 0 spiro atoms. The second-order valence-electron chi connectivity index (χ2n) is 4.07. The minimum absolute atomic E-state index is 0.286. The molecule has 2 aromatic rings. The monoisotopic (exact) mass is 281 g/mol. The van der Waals surface area contributed by atoms with Crippen LogP contribution in [0.4, 0.5) is 0 Å². The third-order valence-electron chi connectivity index (χ3n) is 2.84. The average molecular weight is 282 g/mol. The lowest BCUT2D eigenvalue weighted by Crippen LogP contribution is -2.12. The normalized spacial score (nSPS) is 12.4. The molecule has 0 saturated heterocycles. The highest BCUT2D eigenvalue weighted by Crippen LogP contribution is 2.28. The number of hydrogen-bond donors (Lipinski definition) is 1. The molecule has 0 aliphatic heterocycles. The van der Waals surface area contributed by atoms with Gasteiger partial charge < -0.3 is 10.1 Å². The first kappa shape index (κ1) is 13.4. The van der Waals surface area contributed by atoms with Gasteiger partial charge in [0.1, 0.15) is 12.4 Å². The van der Waals surface area contributed by atoms with Crippen LogP contribution in [-0.2, 0) is 6.61 Å². The lowest BCUT2D eigenvalue weighted by molar-refractivity contribution is 0.310. The lowest BCUT2D eigenvalue weighted by atomic mass is 10.1. The first-order chi connectivity index (χ1) is 8.70. The summed E-state index contributed by atoms with van der Waals surface area (Å²) in [6.45, 7) is 2.66. The van der Waals surface area contributed by atoms with E-state index in [-0.39, 0.29) is 6.04 Å². The Morgan fingerprint density at radius 2 is 2.22 bits per heavy atom. The van der Waals surface area contributed by atoms with E-state index in [2.05, 4.69) is 18.3 Å². The fourth-order valence-corrected chi connectivity index (χ4v) is 2.47. The predicted molar refractivity (Wildman–Crippen MR) is 77.6 cm³/mol. The van der Waals surface area contributed by atoms with Gasteiger partial charge in [0.25, 0.3) is 0 Å². The molecule has 96 valence electrons. The van der Waals surface area contributed by atoms with Gasteiger partial charge in [-0.05, 0) is 43.1 Å². The van der Waals surface area contributed by atoms with Crippen molar-refractivity contribution in [1.82, 2.24) is 5.32 Å². The second-order valence-corrected chi connectivity index (χ2v) is 5.51. The Morgan fingerprint density at radius 3 is 2.83 bits per heavy atom. The molecule has 0 aliphatic rings. The number of hydrogen-bond acceptors (Lipinski definition) is 3. The smallest absolute Gasteiger partial charge is 0.138 e. The summed E-state index contributed by atoms with van der Waals surface area (Å²) in [5, 5.41) is 5.88. The van der Waals surface area contributed by atoms with Crippen molar-refractivity contribution in [2.75, 3.05) is 7.05 Å². The van der Waals surface area contributed by atoms with Crippen LogP contribution in [0, 0.1) is 0 Å². The molecule has 0 radical (unpaired) electrons. The van der Waals surface area contributed by atoms with Crippen LogP contribution in [-0.4, -0.2) is 7.05 Å². The Morgan fingerprint density at radius 1 is 1.39 bits per heavy atom. The van der Waals surface area contributed by atoms with Crippen molar-refractivity contribution in [1.29, 1.82) is 0 Å². The van der Waals surface area contributed by atoms with Crippen molar-refractivity contribution in [3.63, 3.8) is 0 Å². The molecule has 1 unspecified atom stereocenters. The van der Waals surface area contributed by atoms with Crippen LogP contribution in [0.5, 0.6) is 5.75 Å². The van der Waals surface area contributed by atoms with Crippen molar-refractivity contribution in [2.24, 2.45) is 0 Å². The molecule has 0 bridgehead atoms. The predicted octanol–water partition coefficient (Wildman–Crippen LogP) is 4.26. The maximum absolute atomic E-state index is 6.22. The number of ether oxygens (including phenoxy) is 1. The zero-order valence-corrected chi connectivity index (χ0v) is 12.0. The molecule has 18 heavy (non-hydrogen) atoms. The fourth-order valence-electron chi connectivity index (χ4n) is 1.61. The van der Waals surface area contributed by atoms with Gasteiger partial charge in [-0.3, -0.25) is 0 Å². The molecule has 1 aromatic heterocycles. The molecule has 0 amide bonds. The zero-order chi connectivity index (χ0) is 13.0. The van der Waals surface area contributed by atoms with Gasteiger partial charge in [0.2, 0.25) is 0 Å². The summed E-state index contributed by atoms with van der Waals surface area (Å²) in [6, 6.07) is 10.3. The first-order valence-electron chi connectivity index (χ1n) is 5.82. The Labute approximate surface area is 117 Å². The van der Waals surface area contributed by atoms with E-state index in [1.807, 2.05) is 36.7 Å². The van der Waals surface area contributed by atoms with Gasteiger partial charge in [-0.1, -0.05) is 23.7 Å². The molecule has 1 N–H and O–H groups in total. The van der Waals surface area contributed by atoms with E-state index in [4.69, 9.17) is 16.3 Å². The molecule has 1 heterocycles. The summed E-state index contributed by atoms with van der Waals surface area (Å²) in [4.78, 5) is 1.19. The molecule has 0 fully saturated rings. The molecular weight excluding hydrogens is 266 g/mol. The van der Waals surface area contributed by atoms with Crippen LogP contribution in [0.25, 0.3) is 0 Å². The third-order valence-corrected chi connectivity index (χ3v) is 3.98. The van der Waals surface area contributed by atoms with Crippen molar-refractivity contribution in [2.45, 2.75) is 19.6 Å². The summed E-state index contributed by atoms with van der Waals surface area (Å²) in [5.41, 5.74) is 1.16. The van der Waals surface area contributed by atoms with Crippen molar-refractivity contribution >= 4 is 22.9 Å². The van der Waals surface area contributed by atoms with E-state index in [1.54, 1.807) is 11.3 Å². The van der Waals surface area contributed by atoms with Crippen LogP contribution in [0.2, 0.25) is 5.02 Å². The van der Waals surface area contributed by atoms with E-state index in [9.17, 15) is 0 Å². The van der Waals surface area contributed by atoms with E-state index in [1.165, 1.54) is 4.88 Å². The van der Waals surface area contributed by atoms with E-state index in [0.29, 0.717) is 11.6 Å². The van der Waals surface area contributed by atoms with Gasteiger partial charge in [-0.15, -0.1) is 11.3 Å². The molecule has 1 atom stereocenters. The largest absolute Gasteiger partial charge is 0.487 e. The number of rotatable bonds is 5. The summed E-state index contributed by atoms with van der Waals surface area (Å²) in [6.07, 6.45) is 0. The zero-order valence-electron chi connectivity index (χ0n) is 10.4. The molecular formula is C14H16ClNOS. The van der Waals surface area contributed by atoms with E-state index in [0.717, 1.165) is 11.3 Å². The summed E-state index contributed by atoms with van der Waals surface area (Å²) >= 11 is 7.90. The van der Waals surface area contributed by atoms with Gasteiger partial charge >= 0.3 is 0 Å². The molecule has 2 rings (SSSR count). The van der Waals surface area contributed by atoms with Gasteiger partial charge in [-0.2, -0.15) is 0 Å². The van der Waals surface area contributed by atoms with Crippen LogP contribution >= 0.6 is 22.9 Å². The highest BCUT2D eigenvalue weighted by atomic mass is 35.5. The highest BCUT2D eigenvalue weighted by Gasteiger charge is 2.07. The topological polar surface area (TPSA) is 21.3 Å². The Bertz CT molecular complexity index is 499. The summed E-state index contributed by atoms with van der Waals surface area (Å²) in [7, 11) is 1.93. The highest BCUT2D eigenvalue weighted by molar-refractivity contribution is 7.09. The van der Waals surface area contributed by atoms with Crippen molar-refractivity contribution < 1.29 is 4.74 Å². The van der Waals surface area contributed by atoms with Gasteiger partial charge in [0.05, 0.1) is 5.02 Å². The molecule has 0 saturated carbocycles. The van der Waals surface area contributed by atoms with Crippen LogP contribution < -0.4 is 10.1 Å². The summed E-state index contributed by atoms with van der Waals surface area (Å²) < 4.78 is 5.71. The maximum Gasteiger partial charge on any atom is 0.138 e. The Hall–Kier alpha value is -1.03. The number of halogens is 1. The fraction of sp³-hybridized carbons (Fsp3) is 0.286. The number of nitrogens with one attached hydrogen (secondary N) is 1. The van der Waals surface area contributed by atoms with Crippen molar-refractivity contribution in [3.05, 3.63) is 51.2 Å². The quantitative estimate of drug-likeness (QED) is 0.884. The average Bonchev–Trinajstić information content (AvgIpc) is 2.89. The first-order valence-corrected chi connectivity index (χ1v) is 7.08. The SMILES string of the molecule is CNC(C)c1ccc(OCc2cccs2)c(Cl)c1. The Kier molecular flexibility index (Phi) is 4.64. The standard InChI is InChI=1S/C14H16ClNOS/c1-10(16-2)11-5-6-14(13(15)8-11)17-9-12-4-3-7-18-12/h3-8,10,16H,9H2,1-2H3. The van der Waals surface area contributed by atoms with E-state index >= 15 is 0 Å². The van der Waals surface area contributed by atoms with Crippen LogP contribution in [0.1, 0.15) is 23.4 Å². The van der Waals surface area contributed by atoms with Gasteiger partial charge in [-0.25, -0.2) is 0 Å². The van der Waals surface area contributed by atoms with Crippen molar-refractivity contribution in [3.8, 4) is 5.75 Å². The Balaban J connectivity index is 2.05.